The van der Waals surface area contributed by atoms with Crippen molar-refractivity contribution >= 4 is 58.5 Å². The molecule has 0 bridgehead atoms. The number of ketones is 1. The van der Waals surface area contributed by atoms with E-state index in [1.165, 1.54) is 22.7 Å². The lowest BCUT2D eigenvalue weighted by molar-refractivity contribution is -0.122. The van der Waals surface area contributed by atoms with Crippen LogP contribution in [-0.2, 0) is 9.59 Å². The Labute approximate surface area is 234 Å². The SMILES string of the molecule is O=C1NC(=S)N(c2ccc(Oc3ccccc3)cc2)C(=O)/C1=C/c1cccnc1SCC(=O)c1ccccc1. The molecule has 0 atom stereocenters. The van der Waals surface area contributed by atoms with E-state index >= 15 is 0 Å². The number of Topliss-reactive ketones (excluding diaryl/α,β-unsaturated/α-hetero) is 1. The number of carbonyl (C=O) groups is 3. The third kappa shape index (κ3) is 6.11. The molecule has 5 rings (SSSR count). The van der Waals surface area contributed by atoms with Crippen LogP contribution in [0.1, 0.15) is 15.9 Å². The Morgan fingerprint density at radius 3 is 2.28 bits per heavy atom. The molecule has 0 unspecified atom stereocenters. The van der Waals surface area contributed by atoms with E-state index in [0.717, 1.165) is 0 Å². The lowest BCUT2D eigenvalue weighted by Crippen LogP contribution is -2.54. The molecular weight excluding hydrogens is 530 g/mol. The molecular formula is C30H21N3O4S2. The van der Waals surface area contributed by atoms with Crippen LogP contribution < -0.4 is 15.0 Å². The number of nitrogens with one attached hydrogen (secondary N) is 1. The number of carbonyl (C=O) groups excluding carboxylic acids is 3. The van der Waals surface area contributed by atoms with Gasteiger partial charge in [0.15, 0.2) is 10.9 Å². The van der Waals surface area contributed by atoms with Crippen molar-refractivity contribution in [2.45, 2.75) is 5.03 Å². The zero-order valence-corrected chi connectivity index (χ0v) is 22.1. The Kier molecular flexibility index (Phi) is 7.91. The average molecular weight is 552 g/mol. The number of amides is 2. The molecule has 192 valence electrons. The summed E-state index contributed by atoms with van der Waals surface area (Å²) in [4.78, 5) is 44.5. The first-order chi connectivity index (χ1) is 19.0. The molecule has 0 saturated carbocycles. The number of aromatic nitrogens is 1. The van der Waals surface area contributed by atoms with Crippen molar-refractivity contribution < 1.29 is 19.1 Å². The molecule has 0 spiro atoms. The first-order valence-corrected chi connectivity index (χ1v) is 13.3. The fraction of sp³-hybridized carbons (Fsp3) is 0.0333. The van der Waals surface area contributed by atoms with Crippen LogP contribution in [0.25, 0.3) is 6.08 Å². The van der Waals surface area contributed by atoms with Gasteiger partial charge in [0.1, 0.15) is 22.1 Å². The van der Waals surface area contributed by atoms with Gasteiger partial charge >= 0.3 is 0 Å². The number of anilines is 1. The van der Waals surface area contributed by atoms with Crippen LogP contribution in [0.4, 0.5) is 5.69 Å². The number of para-hydroxylation sites is 1. The molecule has 2 heterocycles. The van der Waals surface area contributed by atoms with Gasteiger partial charge in [-0.05, 0) is 60.8 Å². The van der Waals surface area contributed by atoms with Gasteiger partial charge in [-0.15, -0.1) is 0 Å². The average Bonchev–Trinajstić information content (AvgIpc) is 2.96. The van der Waals surface area contributed by atoms with Gasteiger partial charge < -0.3 is 4.74 Å². The van der Waals surface area contributed by atoms with Gasteiger partial charge in [0.05, 0.1) is 11.4 Å². The second-order valence-corrected chi connectivity index (χ2v) is 9.69. The van der Waals surface area contributed by atoms with Crippen LogP contribution in [0, 0.1) is 0 Å². The third-order valence-electron chi connectivity index (χ3n) is 5.71. The van der Waals surface area contributed by atoms with Crippen LogP contribution in [0.15, 0.2) is 114 Å². The summed E-state index contributed by atoms with van der Waals surface area (Å²) < 4.78 is 5.82. The van der Waals surface area contributed by atoms with Gasteiger partial charge in [-0.2, -0.15) is 0 Å². The van der Waals surface area contributed by atoms with Gasteiger partial charge in [-0.25, -0.2) is 4.98 Å². The Bertz CT molecular complexity index is 1570. The molecule has 1 aliphatic rings. The molecule has 4 aromatic rings. The molecule has 3 aromatic carbocycles. The number of hydrogen-bond donors (Lipinski definition) is 1. The number of ether oxygens (including phenoxy) is 1. The summed E-state index contributed by atoms with van der Waals surface area (Å²) in [6, 6.07) is 28.6. The van der Waals surface area contributed by atoms with Gasteiger partial charge in [0, 0.05) is 17.3 Å². The number of nitrogens with zero attached hydrogens (tertiary/aromatic N) is 2. The number of rotatable bonds is 8. The van der Waals surface area contributed by atoms with Gasteiger partial charge in [-0.3, -0.25) is 24.6 Å². The Morgan fingerprint density at radius 1 is 0.897 bits per heavy atom. The van der Waals surface area contributed by atoms with Crippen LogP contribution in [-0.4, -0.2) is 33.4 Å². The summed E-state index contributed by atoms with van der Waals surface area (Å²) in [5.74, 6) is 0.203. The monoisotopic (exact) mass is 551 g/mol. The van der Waals surface area contributed by atoms with Gasteiger partial charge in [0.25, 0.3) is 11.8 Å². The molecule has 1 N–H and O–H groups in total. The molecule has 1 aromatic heterocycles. The van der Waals surface area contributed by atoms with Gasteiger partial charge in [-0.1, -0.05) is 66.4 Å². The predicted octanol–water partition coefficient (Wildman–Crippen LogP) is 5.68. The predicted molar refractivity (Wildman–Crippen MR) is 155 cm³/mol. The van der Waals surface area contributed by atoms with E-state index in [2.05, 4.69) is 10.3 Å². The van der Waals surface area contributed by atoms with E-state index in [4.69, 9.17) is 17.0 Å². The molecule has 1 aliphatic heterocycles. The van der Waals surface area contributed by atoms with Crippen molar-refractivity contribution in [1.29, 1.82) is 0 Å². The maximum atomic E-state index is 13.5. The molecule has 2 amide bonds. The highest BCUT2D eigenvalue weighted by molar-refractivity contribution is 8.00. The van der Waals surface area contributed by atoms with E-state index in [0.29, 0.717) is 33.3 Å². The molecule has 0 radical (unpaired) electrons. The zero-order valence-electron chi connectivity index (χ0n) is 20.4. The third-order valence-corrected chi connectivity index (χ3v) is 7.02. The van der Waals surface area contributed by atoms with Crippen molar-refractivity contribution in [2.24, 2.45) is 0 Å². The van der Waals surface area contributed by atoms with E-state index in [-0.39, 0.29) is 22.2 Å². The Balaban J connectivity index is 1.36. The fourth-order valence-corrected chi connectivity index (χ4v) is 4.95. The minimum absolute atomic E-state index is 0.0203. The lowest BCUT2D eigenvalue weighted by Gasteiger charge is -2.29. The first kappa shape index (κ1) is 26.0. The topological polar surface area (TPSA) is 88.6 Å². The van der Waals surface area contributed by atoms with E-state index in [1.807, 2.05) is 48.5 Å². The molecule has 0 aliphatic carbocycles. The van der Waals surface area contributed by atoms with Crippen LogP contribution >= 0.6 is 24.0 Å². The summed E-state index contributed by atoms with van der Waals surface area (Å²) in [6.45, 7) is 0. The highest BCUT2D eigenvalue weighted by Crippen LogP contribution is 2.28. The minimum atomic E-state index is -0.606. The summed E-state index contributed by atoms with van der Waals surface area (Å²) in [5.41, 5.74) is 1.52. The minimum Gasteiger partial charge on any atom is -0.457 e. The van der Waals surface area contributed by atoms with Crippen LogP contribution in [0.3, 0.4) is 0 Å². The largest absolute Gasteiger partial charge is 0.457 e. The Hall–Kier alpha value is -4.60. The quantitative estimate of drug-likeness (QED) is 0.0991. The second-order valence-electron chi connectivity index (χ2n) is 8.34. The summed E-state index contributed by atoms with van der Waals surface area (Å²) >= 11 is 6.56. The summed E-state index contributed by atoms with van der Waals surface area (Å²) in [5, 5.41) is 3.10. The molecule has 9 heteroatoms. The van der Waals surface area contributed by atoms with Crippen molar-refractivity contribution in [1.82, 2.24) is 10.3 Å². The molecule has 1 saturated heterocycles. The maximum absolute atomic E-state index is 13.5. The first-order valence-electron chi connectivity index (χ1n) is 11.9. The number of pyridine rings is 1. The smallest absolute Gasteiger partial charge is 0.270 e. The number of benzene rings is 3. The zero-order chi connectivity index (χ0) is 27.2. The van der Waals surface area contributed by atoms with E-state index in [1.54, 1.807) is 54.7 Å². The maximum Gasteiger partial charge on any atom is 0.270 e. The molecule has 7 nitrogen and oxygen atoms in total. The van der Waals surface area contributed by atoms with E-state index < -0.39 is 11.8 Å². The lowest BCUT2D eigenvalue weighted by atomic mass is 10.1. The molecule has 1 fully saturated rings. The number of thiocarbonyl (C=S) groups is 1. The van der Waals surface area contributed by atoms with Crippen molar-refractivity contribution in [3.8, 4) is 11.5 Å². The number of hydrogen-bond acceptors (Lipinski definition) is 7. The van der Waals surface area contributed by atoms with Crippen LogP contribution in [0.5, 0.6) is 11.5 Å². The highest BCUT2D eigenvalue weighted by atomic mass is 32.2. The summed E-state index contributed by atoms with van der Waals surface area (Å²) in [6.07, 6.45) is 3.07. The van der Waals surface area contributed by atoms with Gasteiger partial charge in [0.2, 0.25) is 0 Å². The molecule has 39 heavy (non-hydrogen) atoms. The summed E-state index contributed by atoms with van der Waals surface area (Å²) in [7, 11) is 0. The van der Waals surface area contributed by atoms with Crippen molar-refractivity contribution in [3.05, 3.63) is 120 Å². The van der Waals surface area contributed by atoms with E-state index in [9.17, 15) is 14.4 Å². The van der Waals surface area contributed by atoms with Crippen molar-refractivity contribution in [3.63, 3.8) is 0 Å². The number of thioether (sulfide) groups is 1. The van der Waals surface area contributed by atoms with Crippen LogP contribution in [0.2, 0.25) is 0 Å². The fourth-order valence-electron chi connectivity index (χ4n) is 3.81. The highest BCUT2D eigenvalue weighted by Gasteiger charge is 2.34. The standard InChI is InChI=1S/C30H21N3O4S2/c34-26(20-8-3-1-4-9-20)19-39-28-21(10-7-17-31-28)18-25-27(35)32-30(38)33(29(25)36)22-13-15-24(16-14-22)37-23-11-5-2-6-12-23/h1-18H,19H2,(H,32,35,38)/b25-18+. The normalized spacial score (nSPS) is 14.3. The second kappa shape index (κ2) is 11.8. The Morgan fingerprint density at radius 2 is 1.56 bits per heavy atom. The van der Waals surface area contributed by atoms with Crippen molar-refractivity contribution in [2.75, 3.05) is 10.7 Å².